The van der Waals surface area contributed by atoms with Crippen LogP contribution in [0.5, 0.6) is 5.75 Å². The molecule has 2 aliphatic heterocycles. The van der Waals surface area contributed by atoms with Crippen LogP contribution in [0.4, 0.5) is 16.2 Å². The van der Waals surface area contributed by atoms with Gasteiger partial charge in [-0.1, -0.05) is 0 Å². The lowest BCUT2D eigenvalue weighted by molar-refractivity contribution is -0.121. The Bertz CT molecular complexity index is 651. The van der Waals surface area contributed by atoms with Gasteiger partial charge in [0.2, 0.25) is 0 Å². The molecule has 1 saturated heterocycles. The minimum Gasteiger partial charge on any atom is -0.481 e. The molecule has 3 amide bonds. The maximum atomic E-state index is 12.2. The molecular formula is C17H23N3O5. The largest absolute Gasteiger partial charge is 0.481 e. The van der Waals surface area contributed by atoms with Crippen molar-refractivity contribution in [3.63, 3.8) is 0 Å². The van der Waals surface area contributed by atoms with Crippen molar-refractivity contribution >= 4 is 23.3 Å². The standard InChI is InChI=1S/C17H23N3O5/c1-3-20-13-6-5-11(7-14(13)25-10-16(20)21)18-17(22)19-12-8-23-9-15(12)24-4-2/h5-7,12,15H,3-4,8-10H2,1-2H3,(H2,18,19,22)/t12-,15-/m0/s1. The normalized spacial score (nSPS) is 22.3. The van der Waals surface area contributed by atoms with Crippen LogP contribution in [0.2, 0.25) is 0 Å². The van der Waals surface area contributed by atoms with Crippen LogP contribution in [0.25, 0.3) is 0 Å². The number of rotatable bonds is 5. The van der Waals surface area contributed by atoms with Gasteiger partial charge in [-0.2, -0.15) is 0 Å². The van der Waals surface area contributed by atoms with E-state index in [1.165, 1.54) is 0 Å². The van der Waals surface area contributed by atoms with Gasteiger partial charge in [0.05, 0.1) is 24.9 Å². The fourth-order valence-corrected chi connectivity index (χ4v) is 3.01. The Morgan fingerprint density at radius 1 is 1.36 bits per heavy atom. The summed E-state index contributed by atoms with van der Waals surface area (Å²) < 4.78 is 16.4. The number of anilines is 2. The Balaban J connectivity index is 1.63. The molecule has 1 aromatic carbocycles. The molecule has 1 aromatic rings. The van der Waals surface area contributed by atoms with E-state index in [1.54, 1.807) is 23.1 Å². The molecule has 0 spiro atoms. The molecule has 2 atom stereocenters. The zero-order chi connectivity index (χ0) is 17.8. The SMILES string of the molecule is CCO[C@H]1COC[C@@H]1NC(=O)Nc1ccc2c(c1)OCC(=O)N2CC. The van der Waals surface area contributed by atoms with Crippen LogP contribution in [-0.4, -0.2) is 57.1 Å². The number of likely N-dealkylation sites (N-methyl/N-ethyl adjacent to an activating group) is 1. The second-order valence-corrected chi connectivity index (χ2v) is 5.85. The zero-order valence-corrected chi connectivity index (χ0v) is 14.4. The van der Waals surface area contributed by atoms with Crippen LogP contribution in [0.1, 0.15) is 13.8 Å². The zero-order valence-electron chi connectivity index (χ0n) is 14.4. The predicted molar refractivity (Wildman–Crippen MR) is 92.1 cm³/mol. The smallest absolute Gasteiger partial charge is 0.319 e. The third-order valence-electron chi connectivity index (χ3n) is 4.20. The second kappa shape index (κ2) is 7.71. The molecule has 0 aromatic heterocycles. The third-order valence-corrected chi connectivity index (χ3v) is 4.20. The number of nitrogens with zero attached hydrogens (tertiary/aromatic N) is 1. The van der Waals surface area contributed by atoms with Crippen molar-refractivity contribution in [2.45, 2.75) is 26.0 Å². The topological polar surface area (TPSA) is 89.1 Å². The van der Waals surface area contributed by atoms with Gasteiger partial charge in [0.25, 0.3) is 5.91 Å². The van der Waals surface area contributed by atoms with Crippen molar-refractivity contribution in [3.8, 4) is 5.75 Å². The summed E-state index contributed by atoms with van der Waals surface area (Å²) in [5.41, 5.74) is 1.30. The number of hydrogen-bond acceptors (Lipinski definition) is 5. The van der Waals surface area contributed by atoms with Crippen molar-refractivity contribution in [1.82, 2.24) is 5.32 Å². The van der Waals surface area contributed by atoms with E-state index in [0.29, 0.717) is 43.5 Å². The molecule has 0 radical (unpaired) electrons. The molecule has 2 aliphatic rings. The van der Waals surface area contributed by atoms with E-state index in [4.69, 9.17) is 14.2 Å². The number of carbonyl (C=O) groups is 2. The summed E-state index contributed by atoms with van der Waals surface area (Å²) in [7, 11) is 0. The Morgan fingerprint density at radius 3 is 2.96 bits per heavy atom. The highest BCUT2D eigenvalue weighted by molar-refractivity contribution is 5.98. The van der Waals surface area contributed by atoms with E-state index >= 15 is 0 Å². The van der Waals surface area contributed by atoms with E-state index in [2.05, 4.69) is 10.6 Å². The second-order valence-electron chi connectivity index (χ2n) is 5.85. The summed E-state index contributed by atoms with van der Waals surface area (Å²) in [6, 6.07) is 4.72. The first-order chi connectivity index (χ1) is 12.1. The molecule has 8 nitrogen and oxygen atoms in total. The summed E-state index contributed by atoms with van der Waals surface area (Å²) >= 11 is 0. The highest BCUT2D eigenvalue weighted by atomic mass is 16.5. The Hall–Kier alpha value is -2.32. The molecule has 0 bridgehead atoms. The quantitative estimate of drug-likeness (QED) is 0.838. The van der Waals surface area contributed by atoms with Gasteiger partial charge in [0.1, 0.15) is 11.9 Å². The lowest BCUT2D eigenvalue weighted by atomic mass is 10.2. The lowest BCUT2D eigenvalue weighted by Gasteiger charge is -2.28. The van der Waals surface area contributed by atoms with Gasteiger partial charge in [0.15, 0.2) is 6.61 Å². The molecule has 0 saturated carbocycles. The summed E-state index contributed by atoms with van der Waals surface area (Å²) in [6.45, 7) is 5.88. The number of fused-ring (bicyclic) bond motifs is 1. The number of ether oxygens (including phenoxy) is 3. The van der Waals surface area contributed by atoms with Crippen LogP contribution in [0.15, 0.2) is 18.2 Å². The predicted octanol–water partition coefficient (Wildman–Crippen LogP) is 1.36. The van der Waals surface area contributed by atoms with Gasteiger partial charge in [-0.3, -0.25) is 4.79 Å². The molecule has 1 fully saturated rings. The first kappa shape index (κ1) is 17.5. The molecule has 2 N–H and O–H groups in total. The van der Waals surface area contributed by atoms with E-state index < -0.39 is 0 Å². The van der Waals surface area contributed by atoms with Crippen molar-refractivity contribution in [2.24, 2.45) is 0 Å². The van der Waals surface area contributed by atoms with E-state index in [-0.39, 0.29) is 30.7 Å². The molecule has 0 unspecified atom stereocenters. The number of urea groups is 1. The highest BCUT2D eigenvalue weighted by Crippen LogP contribution is 2.34. The molecule has 0 aliphatic carbocycles. The van der Waals surface area contributed by atoms with Gasteiger partial charge in [0, 0.05) is 24.9 Å². The van der Waals surface area contributed by atoms with Crippen molar-refractivity contribution in [3.05, 3.63) is 18.2 Å². The summed E-state index contributed by atoms with van der Waals surface area (Å²) in [5.74, 6) is 0.507. The van der Waals surface area contributed by atoms with Gasteiger partial charge in [-0.05, 0) is 26.0 Å². The summed E-state index contributed by atoms with van der Waals surface area (Å²) in [6.07, 6.45) is -0.133. The minimum atomic E-state index is -0.334. The monoisotopic (exact) mass is 349 g/mol. The van der Waals surface area contributed by atoms with Crippen LogP contribution in [0, 0.1) is 0 Å². The summed E-state index contributed by atoms with van der Waals surface area (Å²) in [4.78, 5) is 25.7. The van der Waals surface area contributed by atoms with E-state index in [9.17, 15) is 9.59 Å². The molecule has 25 heavy (non-hydrogen) atoms. The average Bonchev–Trinajstić information content (AvgIpc) is 3.02. The van der Waals surface area contributed by atoms with Gasteiger partial charge < -0.3 is 29.7 Å². The Morgan fingerprint density at radius 2 is 2.20 bits per heavy atom. The summed E-state index contributed by atoms with van der Waals surface area (Å²) in [5, 5.41) is 5.64. The fraction of sp³-hybridized carbons (Fsp3) is 0.529. The third kappa shape index (κ3) is 3.85. The van der Waals surface area contributed by atoms with E-state index in [0.717, 1.165) is 0 Å². The van der Waals surface area contributed by atoms with Crippen LogP contribution in [-0.2, 0) is 14.3 Å². The van der Waals surface area contributed by atoms with Crippen molar-refractivity contribution in [1.29, 1.82) is 0 Å². The number of carbonyl (C=O) groups excluding carboxylic acids is 2. The molecule has 2 heterocycles. The average molecular weight is 349 g/mol. The Labute approximate surface area is 146 Å². The molecular weight excluding hydrogens is 326 g/mol. The van der Waals surface area contributed by atoms with Gasteiger partial charge >= 0.3 is 6.03 Å². The van der Waals surface area contributed by atoms with Crippen molar-refractivity contribution < 1.29 is 23.8 Å². The van der Waals surface area contributed by atoms with Crippen LogP contribution >= 0.6 is 0 Å². The lowest BCUT2D eigenvalue weighted by Crippen LogP contribution is -2.45. The maximum Gasteiger partial charge on any atom is 0.319 e. The first-order valence-corrected chi connectivity index (χ1v) is 8.46. The number of hydrogen-bond donors (Lipinski definition) is 2. The molecule has 3 rings (SSSR count). The highest BCUT2D eigenvalue weighted by Gasteiger charge is 2.30. The van der Waals surface area contributed by atoms with Gasteiger partial charge in [-0.15, -0.1) is 0 Å². The molecule has 8 heteroatoms. The fourth-order valence-electron chi connectivity index (χ4n) is 3.01. The van der Waals surface area contributed by atoms with E-state index in [1.807, 2.05) is 13.8 Å². The van der Waals surface area contributed by atoms with Crippen LogP contribution < -0.4 is 20.3 Å². The Kier molecular flexibility index (Phi) is 5.40. The maximum absolute atomic E-state index is 12.2. The first-order valence-electron chi connectivity index (χ1n) is 8.46. The minimum absolute atomic E-state index is 0.00589. The van der Waals surface area contributed by atoms with Crippen LogP contribution in [0.3, 0.4) is 0 Å². The van der Waals surface area contributed by atoms with Gasteiger partial charge in [-0.25, -0.2) is 4.79 Å². The van der Waals surface area contributed by atoms with Crippen molar-refractivity contribution in [2.75, 3.05) is 43.2 Å². The number of nitrogens with one attached hydrogen (secondary N) is 2. The molecule has 136 valence electrons. The number of benzene rings is 1. The number of amides is 3.